The Morgan fingerprint density at radius 1 is 1.50 bits per heavy atom. The van der Waals surface area contributed by atoms with Crippen molar-refractivity contribution in [2.45, 2.75) is 13.0 Å². The van der Waals surface area contributed by atoms with Gasteiger partial charge in [0.2, 0.25) is 0 Å². The van der Waals surface area contributed by atoms with Crippen molar-refractivity contribution in [1.29, 1.82) is 0 Å². The van der Waals surface area contributed by atoms with Crippen LogP contribution in [0.5, 0.6) is 0 Å². The number of amides is 1. The Bertz CT molecular complexity index is 528. The average Bonchev–Trinajstić information content (AvgIpc) is 2.92. The second-order valence-electron chi connectivity index (χ2n) is 3.64. The predicted octanol–water partition coefficient (Wildman–Crippen LogP) is 1.31. The van der Waals surface area contributed by atoms with Crippen LogP contribution in [0.2, 0.25) is 0 Å². The number of carbonyl (C=O) groups is 1. The van der Waals surface area contributed by atoms with Gasteiger partial charge in [-0.05, 0) is 18.4 Å². The zero-order chi connectivity index (χ0) is 13.0. The van der Waals surface area contributed by atoms with Gasteiger partial charge in [-0.2, -0.15) is 0 Å². The maximum absolute atomic E-state index is 11.9. The van der Waals surface area contributed by atoms with Crippen LogP contribution in [0.4, 0.5) is 5.82 Å². The number of hydrogen-bond donors (Lipinski definition) is 3. The lowest BCUT2D eigenvalue weighted by molar-refractivity contribution is 0.0935. The summed E-state index contributed by atoms with van der Waals surface area (Å²) in [5.41, 5.74) is 2.58. The fourth-order valence-electron chi connectivity index (χ4n) is 1.42. The van der Waals surface area contributed by atoms with Crippen LogP contribution in [0.15, 0.2) is 29.9 Å². The van der Waals surface area contributed by atoms with Gasteiger partial charge in [-0.3, -0.25) is 9.78 Å². The van der Waals surface area contributed by atoms with Gasteiger partial charge in [0.05, 0.1) is 18.4 Å². The highest BCUT2D eigenvalue weighted by Gasteiger charge is 2.13. The molecule has 0 aliphatic rings. The molecule has 0 radical (unpaired) electrons. The third kappa shape index (κ3) is 2.82. The summed E-state index contributed by atoms with van der Waals surface area (Å²) in [6, 6.07) is 3.86. The lowest BCUT2D eigenvalue weighted by atomic mass is 10.2. The number of thiophene rings is 1. The predicted molar refractivity (Wildman–Crippen MR) is 70.0 cm³/mol. The SMILES string of the molecule is CC(NC(=O)c1cncc(NN)n1)c1cccs1. The van der Waals surface area contributed by atoms with Gasteiger partial charge in [0, 0.05) is 4.88 Å². The highest BCUT2D eigenvalue weighted by Crippen LogP contribution is 2.18. The largest absolute Gasteiger partial charge is 0.343 e. The van der Waals surface area contributed by atoms with E-state index < -0.39 is 0 Å². The molecule has 1 atom stereocenters. The molecule has 2 rings (SSSR count). The Morgan fingerprint density at radius 3 is 3.00 bits per heavy atom. The summed E-state index contributed by atoms with van der Waals surface area (Å²) in [5.74, 6) is 5.29. The highest BCUT2D eigenvalue weighted by molar-refractivity contribution is 7.10. The van der Waals surface area contributed by atoms with Crippen molar-refractivity contribution in [1.82, 2.24) is 15.3 Å². The molecule has 0 aromatic carbocycles. The van der Waals surface area contributed by atoms with E-state index in [1.165, 1.54) is 12.4 Å². The van der Waals surface area contributed by atoms with E-state index in [9.17, 15) is 4.79 Å². The van der Waals surface area contributed by atoms with Gasteiger partial charge in [-0.15, -0.1) is 11.3 Å². The number of anilines is 1. The molecule has 4 N–H and O–H groups in total. The fourth-order valence-corrected chi connectivity index (χ4v) is 2.16. The summed E-state index contributed by atoms with van der Waals surface area (Å²) in [4.78, 5) is 20.9. The Labute approximate surface area is 108 Å². The minimum absolute atomic E-state index is 0.0613. The van der Waals surface area contributed by atoms with Crippen LogP contribution in [-0.2, 0) is 0 Å². The van der Waals surface area contributed by atoms with Crippen molar-refractivity contribution in [3.05, 3.63) is 40.5 Å². The van der Waals surface area contributed by atoms with Gasteiger partial charge >= 0.3 is 0 Å². The summed E-state index contributed by atoms with van der Waals surface area (Å²) in [6.07, 6.45) is 2.84. The molecule has 0 saturated heterocycles. The molecule has 1 unspecified atom stereocenters. The third-order valence-electron chi connectivity index (χ3n) is 2.33. The van der Waals surface area contributed by atoms with Gasteiger partial charge in [0.1, 0.15) is 5.69 Å². The van der Waals surface area contributed by atoms with Gasteiger partial charge < -0.3 is 10.7 Å². The van der Waals surface area contributed by atoms with Crippen LogP contribution >= 0.6 is 11.3 Å². The van der Waals surface area contributed by atoms with Crippen molar-refractivity contribution >= 4 is 23.1 Å². The van der Waals surface area contributed by atoms with E-state index in [2.05, 4.69) is 20.7 Å². The molecule has 0 aliphatic heterocycles. The molecule has 94 valence electrons. The second kappa shape index (κ2) is 5.56. The quantitative estimate of drug-likeness (QED) is 0.571. The molecule has 2 aromatic heterocycles. The maximum Gasteiger partial charge on any atom is 0.272 e. The molecule has 0 fully saturated rings. The first-order valence-corrected chi connectivity index (χ1v) is 6.21. The zero-order valence-corrected chi connectivity index (χ0v) is 10.6. The summed E-state index contributed by atoms with van der Waals surface area (Å²) in [7, 11) is 0. The minimum Gasteiger partial charge on any atom is -0.343 e. The third-order valence-corrected chi connectivity index (χ3v) is 3.39. The van der Waals surface area contributed by atoms with Crippen LogP contribution < -0.4 is 16.6 Å². The van der Waals surface area contributed by atoms with E-state index in [1.807, 2.05) is 24.4 Å². The van der Waals surface area contributed by atoms with Crippen molar-refractivity contribution < 1.29 is 4.79 Å². The molecule has 0 spiro atoms. The molecule has 18 heavy (non-hydrogen) atoms. The average molecular weight is 263 g/mol. The second-order valence-corrected chi connectivity index (χ2v) is 4.62. The number of carbonyl (C=O) groups excluding carboxylic acids is 1. The molecule has 1 amide bonds. The number of nitrogens with zero attached hydrogens (tertiary/aromatic N) is 2. The van der Waals surface area contributed by atoms with E-state index in [4.69, 9.17) is 5.84 Å². The lowest BCUT2D eigenvalue weighted by Gasteiger charge is -2.11. The van der Waals surface area contributed by atoms with E-state index in [0.29, 0.717) is 5.82 Å². The lowest BCUT2D eigenvalue weighted by Crippen LogP contribution is -2.27. The summed E-state index contributed by atoms with van der Waals surface area (Å²) in [6.45, 7) is 1.92. The van der Waals surface area contributed by atoms with E-state index in [1.54, 1.807) is 11.3 Å². The number of aromatic nitrogens is 2. The van der Waals surface area contributed by atoms with Crippen LogP contribution in [-0.4, -0.2) is 15.9 Å². The van der Waals surface area contributed by atoms with Gasteiger partial charge in [0.25, 0.3) is 5.91 Å². The molecular formula is C11H13N5OS. The molecule has 2 heterocycles. The van der Waals surface area contributed by atoms with Gasteiger partial charge in [-0.25, -0.2) is 10.8 Å². The smallest absolute Gasteiger partial charge is 0.272 e. The Morgan fingerprint density at radius 2 is 2.33 bits per heavy atom. The van der Waals surface area contributed by atoms with Crippen LogP contribution in [0.25, 0.3) is 0 Å². The summed E-state index contributed by atoms with van der Waals surface area (Å²) >= 11 is 1.59. The monoisotopic (exact) mass is 263 g/mol. The Hall–Kier alpha value is -1.99. The standard InChI is InChI=1S/C11H13N5OS/c1-7(9-3-2-4-18-9)14-11(17)8-5-13-6-10(15-8)16-12/h2-7H,12H2,1H3,(H,14,17)(H,15,16). The molecule has 0 aliphatic carbocycles. The van der Waals surface area contributed by atoms with E-state index in [-0.39, 0.29) is 17.6 Å². The topological polar surface area (TPSA) is 92.9 Å². The molecular weight excluding hydrogens is 250 g/mol. The minimum atomic E-state index is -0.277. The van der Waals surface area contributed by atoms with Crippen molar-refractivity contribution in [2.24, 2.45) is 5.84 Å². The molecule has 0 bridgehead atoms. The Balaban J connectivity index is 2.07. The van der Waals surface area contributed by atoms with E-state index >= 15 is 0 Å². The molecule has 2 aromatic rings. The number of hydrogen-bond acceptors (Lipinski definition) is 6. The zero-order valence-electron chi connectivity index (χ0n) is 9.75. The first-order chi connectivity index (χ1) is 8.70. The van der Waals surface area contributed by atoms with Crippen LogP contribution in [0, 0.1) is 0 Å². The fraction of sp³-hybridized carbons (Fsp3) is 0.182. The maximum atomic E-state index is 11.9. The van der Waals surface area contributed by atoms with Crippen molar-refractivity contribution in [2.75, 3.05) is 5.43 Å². The molecule has 6 nitrogen and oxygen atoms in total. The van der Waals surface area contributed by atoms with Crippen molar-refractivity contribution in [3.63, 3.8) is 0 Å². The summed E-state index contributed by atoms with van der Waals surface area (Å²) in [5, 5.41) is 4.82. The van der Waals surface area contributed by atoms with Crippen molar-refractivity contribution in [3.8, 4) is 0 Å². The van der Waals surface area contributed by atoms with Crippen LogP contribution in [0.1, 0.15) is 28.3 Å². The van der Waals surface area contributed by atoms with Gasteiger partial charge in [0.15, 0.2) is 5.82 Å². The van der Waals surface area contributed by atoms with Gasteiger partial charge in [-0.1, -0.05) is 6.07 Å². The number of nitrogens with one attached hydrogen (secondary N) is 2. The first kappa shape index (κ1) is 12.5. The normalized spacial score (nSPS) is 11.9. The molecule has 0 saturated carbocycles. The summed E-state index contributed by atoms with van der Waals surface area (Å²) < 4.78 is 0. The Kier molecular flexibility index (Phi) is 3.85. The highest BCUT2D eigenvalue weighted by atomic mass is 32.1. The molecule has 7 heteroatoms. The first-order valence-electron chi connectivity index (χ1n) is 5.33. The number of nitrogens with two attached hydrogens (primary N) is 1. The number of nitrogen functional groups attached to an aromatic ring is 1. The van der Waals surface area contributed by atoms with Crippen LogP contribution in [0.3, 0.4) is 0 Å². The number of rotatable bonds is 4. The number of hydrazine groups is 1. The van der Waals surface area contributed by atoms with E-state index in [0.717, 1.165) is 4.88 Å².